The normalized spacial score (nSPS) is 12.7. The quantitative estimate of drug-likeness (QED) is 0.818. The maximum absolute atomic E-state index is 12.9. The molecule has 1 rings (SSSR count). The number of hydrogen-bond acceptors (Lipinski definition) is 1. The summed E-state index contributed by atoms with van der Waals surface area (Å²) in [6.07, 6.45) is 1.98. The smallest absolute Gasteiger partial charge is 0.303 e. The zero-order valence-corrected chi connectivity index (χ0v) is 10.3. The first kappa shape index (κ1) is 13.7. The van der Waals surface area contributed by atoms with Crippen LogP contribution >= 0.6 is 0 Å². The minimum absolute atomic E-state index is 0.0249. The zero-order chi connectivity index (χ0) is 12.8. The van der Waals surface area contributed by atoms with Crippen molar-refractivity contribution in [2.45, 2.75) is 39.0 Å². The van der Waals surface area contributed by atoms with Gasteiger partial charge >= 0.3 is 5.97 Å². The van der Waals surface area contributed by atoms with E-state index in [1.54, 1.807) is 12.1 Å². The van der Waals surface area contributed by atoms with E-state index < -0.39 is 5.97 Å². The lowest BCUT2D eigenvalue weighted by atomic mass is 9.80. The van der Waals surface area contributed by atoms with Crippen molar-refractivity contribution < 1.29 is 14.3 Å². The molecule has 2 nitrogen and oxygen atoms in total. The summed E-state index contributed by atoms with van der Waals surface area (Å²) in [6.45, 7) is 4.12. The minimum atomic E-state index is -0.800. The van der Waals surface area contributed by atoms with Crippen molar-refractivity contribution in [3.8, 4) is 0 Å². The number of carboxylic acids is 1. The number of benzene rings is 1. The van der Waals surface area contributed by atoms with Gasteiger partial charge in [0, 0.05) is 0 Å². The lowest BCUT2D eigenvalue weighted by molar-refractivity contribution is -0.137. The van der Waals surface area contributed by atoms with E-state index in [0.29, 0.717) is 5.92 Å². The van der Waals surface area contributed by atoms with E-state index in [-0.39, 0.29) is 18.2 Å². The van der Waals surface area contributed by atoms with Crippen LogP contribution in [0.5, 0.6) is 0 Å². The second-order valence-electron chi connectivity index (χ2n) is 4.33. The Kier molecular flexibility index (Phi) is 5.13. The predicted molar refractivity (Wildman–Crippen MR) is 65.5 cm³/mol. The Labute approximate surface area is 101 Å². The van der Waals surface area contributed by atoms with Gasteiger partial charge in [0.2, 0.25) is 0 Å². The van der Waals surface area contributed by atoms with Gasteiger partial charge in [0.15, 0.2) is 0 Å². The van der Waals surface area contributed by atoms with Gasteiger partial charge in [-0.1, -0.05) is 38.8 Å². The SMILES string of the molecule is CCC(CC)[C@H](CC(=O)O)c1ccc(F)cc1. The van der Waals surface area contributed by atoms with Gasteiger partial charge in [-0.05, 0) is 29.5 Å². The average Bonchev–Trinajstić information content (AvgIpc) is 2.30. The molecule has 0 aliphatic carbocycles. The molecular weight excluding hydrogens is 219 g/mol. The van der Waals surface area contributed by atoms with Crippen LogP contribution in [0.2, 0.25) is 0 Å². The molecule has 0 heterocycles. The van der Waals surface area contributed by atoms with Gasteiger partial charge in [0.05, 0.1) is 6.42 Å². The standard InChI is InChI=1S/C14H19FO2/c1-3-10(4-2)13(9-14(16)17)11-5-7-12(15)8-6-11/h5-8,10,13H,3-4,9H2,1-2H3,(H,16,17)/t13-/m0/s1. The van der Waals surface area contributed by atoms with Crippen molar-refractivity contribution in [2.24, 2.45) is 5.92 Å². The van der Waals surface area contributed by atoms with E-state index in [9.17, 15) is 9.18 Å². The summed E-state index contributed by atoms with van der Waals surface area (Å²) in [4.78, 5) is 10.9. The highest BCUT2D eigenvalue weighted by molar-refractivity contribution is 5.68. The summed E-state index contributed by atoms with van der Waals surface area (Å²) in [5, 5.41) is 8.97. The summed E-state index contributed by atoms with van der Waals surface area (Å²) >= 11 is 0. The second-order valence-corrected chi connectivity index (χ2v) is 4.33. The maximum atomic E-state index is 12.9. The Bertz CT molecular complexity index is 355. The van der Waals surface area contributed by atoms with E-state index in [2.05, 4.69) is 13.8 Å². The Hall–Kier alpha value is -1.38. The monoisotopic (exact) mass is 238 g/mol. The molecule has 17 heavy (non-hydrogen) atoms. The number of rotatable bonds is 6. The van der Waals surface area contributed by atoms with Crippen LogP contribution in [0, 0.1) is 11.7 Å². The predicted octanol–water partition coefficient (Wildman–Crippen LogP) is 3.82. The molecule has 3 heteroatoms. The van der Waals surface area contributed by atoms with Crippen LogP contribution in [-0.2, 0) is 4.79 Å². The molecule has 0 aromatic heterocycles. The fraction of sp³-hybridized carbons (Fsp3) is 0.500. The van der Waals surface area contributed by atoms with Crippen LogP contribution in [0.4, 0.5) is 4.39 Å². The molecule has 1 aromatic rings. The van der Waals surface area contributed by atoms with Crippen LogP contribution < -0.4 is 0 Å². The van der Waals surface area contributed by atoms with Gasteiger partial charge in [-0.25, -0.2) is 4.39 Å². The first-order valence-electron chi connectivity index (χ1n) is 6.05. The molecule has 1 atom stereocenters. The fourth-order valence-electron chi connectivity index (χ4n) is 2.31. The Balaban J connectivity index is 2.96. The number of carboxylic acid groups (broad SMARTS) is 1. The van der Waals surface area contributed by atoms with Crippen molar-refractivity contribution in [1.29, 1.82) is 0 Å². The van der Waals surface area contributed by atoms with Crippen LogP contribution in [-0.4, -0.2) is 11.1 Å². The van der Waals surface area contributed by atoms with E-state index in [4.69, 9.17) is 5.11 Å². The topological polar surface area (TPSA) is 37.3 Å². The average molecular weight is 238 g/mol. The third kappa shape index (κ3) is 3.84. The van der Waals surface area contributed by atoms with Crippen molar-refractivity contribution >= 4 is 5.97 Å². The van der Waals surface area contributed by atoms with Gasteiger partial charge < -0.3 is 5.11 Å². The number of carbonyl (C=O) groups is 1. The largest absolute Gasteiger partial charge is 0.481 e. The van der Waals surface area contributed by atoms with Crippen LogP contribution in [0.1, 0.15) is 44.6 Å². The number of hydrogen-bond donors (Lipinski definition) is 1. The highest BCUT2D eigenvalue weighted by atomic mass is 19.1. The van der Waals surface area contributed by atoms with E-state index in [0.717, 1.165) is 18.4 Å². The summed E-state index contributed by atoms with van der Waals surface area (Å²) in [5.41, 5.74) is 0.919. The van der Waals surface area contributed by atoms with Gasteiger partial charge in [-0.3, -0.25) is 4.79 Å². The molecule has 0 fully saturated rings. The maximum Gasteiger partial charge on any atom is 0.303 e. The highest BCUT2D eigenvalue weighted by Crippen LogP contribution is 2.32. The van der Waals surface area contributed by atoms with Crippen LogP contribution in [0.3, 0.4) is 0 Å². The molecule has 0 unspecified atom stereocenters. The molecule has 1 aromatic carbocycles. The summed E-state index contributed by atoms with van der Waals surface area (Å²) < 4.78 is 12.9. The highest BCUT2D eigenvalue weighted by Gasteiger charge is 2.23. The summed E-state index contributed by atoms with van der Waals surface area (Å²) in [7, 11) is 0. The lowest BCUT2D eigenvalue weighted by Crippen LogP contribution is -2.15. The number of aliphatic carboxylic acids is 1. The molecule has 1 N–H and O–H groups in total. The molecule has 0 aliphatic rings. The van der Waals surface area contributed by atoms with Crippen molar-refractivity contribution in [2.75, 3.05) is 0 Å². The second kappa shape index (κ2) is 6.38. The Morgan fingerprint density at radius 3 is 2.18 bits per heavy atom. The molecular formula is C14H19FO2. The molecule has 0 bridgehead atoms. The van der Waals surface area contributed by atoms with E-state index in [1.807, 2.05) is 0 Å². The third-order valence-corrected chi connectivity index (χ3v) is 3.31. The van der Waals surface area contributed by atoms with Gasteiger partial charge in [-0.15, -0.1) is 0 Å². The van der Waals surface area contributed by atoms with Crippen LogP contribution in [0.15, 0.2) is 24.3 Å². The summed E-state index contributed by atoms with van der Waals surface area (Å²) in [6, 6.07) is 6.18. The third-order valence-electron chi connectivity index (χ3n) is 3.31. The van der Waals surface area contributed by atoms with E-state index in [1.165, 1.54) is 12.1 Å². The number of halogens is 1. The van der Waals surface area contributed by atoms with Crippen LogP contribution in [0.25, 0.3) is 0 Å². The summed E-state index contributed by atoms with van der Waals surface area (Å²) in [5.74, 6) is -0.779. The molecule has 0 saturated heterocycles. The molecule has 0 aliphatic heterocycles. The van der Waals surface area contributed by atoms with Crippen molar-refractivity contribution in [3.63, 3.8) is 0 Å². The van der Waals surface area contributed by atoms with Gasteiger partial charge in [0.25, 0.3) is 0 Å². The molecule has 94 valence electrons. The zero-order valence-electron chi connectivity index (χ0n) is 10.3. The van der Waals surface area contributed by atoms with Crippen molar-refractivity contribution in [1.82, 2.24) is 0 Å². The lowest BCUT2D eigenvalue weighted by Gasteiger charge is -2.24. The Morgan fingerprint density at radius 2 is 1.76 bits per heavy atom. The molecule has 0 saturated carbocycles. The first-order chi connectivity index (χ1) is 8.08. The first-order valence-corrected chi connectivity index (χ1v) is 6.05. The van der Waals surface area contributed by atoms with Gasteiger partial charge in [-0.2, -0.15) is 0 Å². The molecule has 0 amide bonds. The minimum Gasteiger partial charge on any atom is -0.481 e. The van der Waals surface area contributed by atoms with E-state index >= 15 is 0 Å². The molecule has 0 spiro atoms. The molecule has 0 radical (unpaired) electrons. The van der Waals surface area contributed by atoms with Crippen molar-refractivity contribution in [3.05, 3.63) is 35.6 Å². The fourth-order valence-corrected chi connectivity index (χ4v) is 2.31. The Morgan fingerprint density at radius 1 is 1.24 bits per heavy atom. The van der Waals surface area contributed by atoms with Gasteiger partial charge in [0.1, 0.15) is 5.82 Å².